The number of hydrogen-bond donors (Lipinski definition) is 1. The van der Waals surface area contributed by atoms with E-state index in [0.29, 0.717) is 16.7 Å². The van der Waals surface area contributed by atoms with Gasteiger partial charge in [0.15, 0.2) is 0 Å². The predicted molar refractivity (Wildman–Crippen MR) is 111 cm³/mol. The van der Waals surface area contributed by atoms with Crippen LogP contribution in [0.2, 0.25) is 5.02 Å². The maximum absolute atomic E-state index is 11.8. The third-order valence-electron chi connectivity index (χ3n) is 3.96. The van der Waals surface area contributed by atoms with Gasteiger partial charge in [0.25, 0.3) is 9.70 Å². The zero-order valence-corrected chi connectivity index (χ0v) is 17.4. The van der Waals surface area contributed by atoms with Gasteiger partial charge in [-0.05, 0) is 42.7 Å². The number of benzene rings is 2. The highest BCUT2D eigenvalue weighted by Crippen LogP contribution is 2.31. The first-order valence-electron chi connectivity index (χ1n) is 8.32. The first-order chi connectivity index (χ1) is 12.8. The van der Waals surface area contributed by atoms with Gasteiger partial charge in [0.2, 0.25) is 0 Å². The average Bonchev–Trinajstić information content (AvgIpc) is 3.02. The van der Waals surface area contributed by atoms with E-state index in [1.54, 1.807) is 12.1 Å². The van der Waals surface area contributed by atoms with Crippen LogP contribution < -0.4 is 5.32 Å². The van der Waals surface area contributed by atoms with Crippen molar-refractivity contribution < 1.29 is 4.79 Å². The largest absolute Gasteiger partial charge is 0.321 e. The Balaban J connectivity index is 1.88. The molecule has 0 aliphatic rings. The zero-order valence-electron chi connectivity index (χ0n) is 14.3. The van der Waals surface area contributed by atoms with Gasteiger partial charge in [-0.2, -0.15) is 4.80 Å². The number of amides is 1. The summed E-state index contributed by atoms with van der Waals surface area (Å²) in [6.07, 6.45) is 3.36. The molecule has 0 unspecified atom stereocenters. The molecule has 2 aromatic carbocycles. The number of rotatable bonds is 5. The van der Waals surface area contributed by atoms with Crippen molar-refractivity contribution in [2.75, 3.05) is 5.32 Å². The van der Waals surface area contributed by atoms with Crippen molar-refractivity contribution in [3.05, 3.63) is 47.0 Å². The number of halogens is 4. The van der Waals surface area contributed by atoms with Crippen LogP contribution in [0, 0.1) is 0 Å². The van der Waals surface area contributed by atoms with Gasteiger partial charge in [0.1, 0.15) is 11.0 Å². The first-order valence-corrected chi connectivity index (χ1v) is 9.83. The van der Waals surface area contributed by atoms with Crippen LogP contribution in [0.4, 0.5) is 5.69 Å². The van der Waals surface area contributed by atoms with Crippen molar-refractivity contribution in [3.63, 3.8) is 0 Å². The summed E-state index contributed by atoms with van der Waals surface area (Å²) >= 11 is 22.9. The summed E-state index contributed by atoms with van der Waals surface area (Å²) < 4.78 is -2.09. The van der Waals surface area contributed by atoms with Crippen LogP contribution in [0.15, 0.2) is 36.4 Å². The van der Waals surface area contributed by atoms with Gasteiger partial charge in [-0.3, -0.25) is 4.79 Å². The SMILES string of the molecule is CCCCc1ccc(-n2nc3cc(Cl)c(NC(=O)C(Cl)(Cl)Cl)cc3n2)cc1. The number of aryl methyl sites for hydroxylation is 1. The maximum atomic E-state index is 11.8. The molecule has 1 aromatic heterocycles. The van der Waals surface area contributed by atoms with Gasteiger partial charge in [-0.1, -0.05) is 71.9 Å². The van der Waals surface area contributed by atoms with Crippen LogP contribution in [-0.2, 0) is 11.2 Å². The van der Waals surface area contributed by atoms with Crippen molar-refractivity contribution in [2.24, 2.45) is 0 Å². The number of carbonyl (C=O) groups excluding carboxylic acids is 1. The Morgan fingerprint density at radius 1 is 1.11 bits per heavy atom. The monoisotopic (exact) mass is 444 g/mol. The smallest absolute Gasteiger partial charge is 0.276 e. The van der Waals surface area contributed by atoms with Gasteiger partial charge >= 0.3 is 0 Å². The molecular weight excluding hydrogens is 430 g/mol. The Labute approximate surface area is 176 Å². The lowest BCUT2D eigenvalue weighted by molar-refractivity contribution is -0.115. The molecule has 9 heteroatoms. The van der Waals surface area contributed by atoms with Gasteiger partial charge in [0, 0.05) is 0 Å². The average molecular weight is 446 g/mol. The van der Waals surface area contributed by atoms with Crippen LogP contribution in [0.3, 0.4) is 0 Å². The van der Waals surface area contributed by atoms with E-state index in [9.17, 15) is 4.79 Å². The highest BCUT2D eigenvalue weighted by molar-refractivity contribution is 6.76. The lowest BCUT2D eigenvalue weighted by atomic mass is 10.1. The van der Waals surface area contributed by atoms with E-state index in [4.69, 9.17) is 46.4 Å². The summed E-state index contributed by atoms with van der Waals surface area (Å²) in [5, 5.41) is 11.6. The minimum absolute atomic E-state index is 0.270. The van der Waals surface area contributed by atoms with Crippen molar-refractivity contribution in [2.45, 2.75) is 30.0 Å². The van der Waals surface area contributed by atoms with E-state index in [0.717, 1.165) is 24.9 Å². The molecule has 0 spiro atoms. The van der Waals surface area contributed by atoms with E-state index in [1.807, 2.05) is 12.1 Å². The Morgan fingerprint density at radius 2 is 1.74 bits per heavy atom. The Bertz CT molecular complexity index is 964. The third kappa shape index (κ3) is 4.85. The van der Waals surface area contributed by atoms with E-state index in [1.165, 1.54) is 10.4 Å². The van der Waals surface area contributed by atoms with Crippen molar-refractivity contribution in [1.82, 2.24) is 15.0 Å². The van der Waals surface area contributed by atoms with Gasteiger partial charge in [-0.15, -0.1) is 10.2 Å². The van der Waals surface area contributed by atoms with Crippen LogP contribution in [0.1, 0.15) is 25.3 Å². The van der Waals surface area contributed by atoms with Crippen LogP contribution in [0.25, 0.3) is 16.7 Å². The number of nitrogens with one attached hydrogen (secondary N) is 1. The number of anilines is 1. The van der Waals surface area contributed by atoms with Crippen molar-refractivity contribution in [3.8, 4) is 5.69 Å². The standard InChI is InChI=1S/C18H16Cl4N4O/c1-2-3-4-11-5-7-12(8-6-11)26-24-15-9-13(19)14(10-16(15)25-26)23-17(27)18(20,21)22/h5-10H,2-4H2,1H3,(H,23,27). The van der Waals surface area contributed by atoms with Crippen LogP contribution in [-0.4, -0.2) is 24.7 Å². The second-order valence-corrected chi connectivity index (χ2v) is 8.72. The summed E-state index contributed by atoms with van der Waals surface area (Å²) in [6, 6.07) is 11.3. The molecule has 0 saturated carbocycles. The molecule has 0 fully saturated rings. The molecule has 3 aromatic rings. The molecule has 142 valence electrons. The predicted octanol–water partition coefficient (Wildman–Crippen LogP) is 5.73. The summed E-state index contributed by atoms with van der Waals surface area (Å²) in [7, 11) is 0. The van der Waals surface area contributed by atoms with E-state index >= 15 is 0 Å². The number of aromatic nitrogens is 3. The fraction of sp³-hybridized carbons (Fsp3) is 0.278. The summed E-state index contributed by atoms with van der Waals surface area (Å²) in [5.74, 6) is -0.802. The molecule has 3 rings (SSSR count). The summed E-state index contributed by atoms with van der Waals surface area (Å²) in [6.45, 7) is 2.17. The summed E-state index contributed by atoms with van der Waals surface area (Å²) in [5.41, 5.74) is 3.53. The molecule has 0 aliphatic heterocycles. The fourth-order valence-corrected chi connectivity index (χ4v) is 2.87. The molecule has 0 aliphatic carbocycles. The molecule has 5 nitrogen and oxygen atoms in total. The number of hydrogen-bond acceptors (Lipinski definition) is 3. The fourth-order valence-electron chi connectivity index (χ4n) is 2.52. The number of unbranched alkanes of at least 4 members (excludes halogenated alkanes) is 1. The van der Waals surface area contributed by atoms with Gasteiger partial charge < -0.3 is 5.32 Å². The van der Waals surface area contributed by atoms with Crippen LogP contribution in [0.5, 0.6) is 0 Å². The minimum atomic E-state index is -2.09. The molecular formula is C18H16Cl4N4O. The first kappa shape index (κ1) is 20.2. The number of carbonyl (C=O) groups is 1. The van der Waals surface area contributed by atoms with E-state index in [-0.39, 0.29) is 5.02 Å². The number of fused-ring (bicyclic) bond motifs is 1. The number of nitrogens with zero attached hydrogens (tertiary/aromatic N) is 3. The molecule has 1 N–H and O–H groups in total. The molecule has 0 atom stereocenters. The normalized spacial score (nSPS) is 11.7. The Kier molecular flexibility index (Phi) is 6.16. The Hall–Kier alpha value is -1.53. The van der Waals surface area contributed by atoms with Gasteiger partial charge in [0.05, 0.1) is 16.4 Å². The molecule has 0 radical (unpaired) electrons. The molecule has 0 bridgehead atoms. The highest BCUT2D eigenvalue weighted by Gasteiger charge is 2.31. The Morgan fingerprint density at radius 3 is 2.33 bits per heavy atom. The summed E-state index contributed by atoms with van der Waals surface area (Å²) in [4.78, 5) is 13.4. The van der Waals surface area contributed by atoms with Crippen molar-refractivity contribution in [1.29, 1.82) is 0 Å². The van der Waals surface area contributed by atoms with Gasteiger partial charge in [-0.25, -0.2) is 0 Å². The quantitative estimate of drug-likeness (QED) is 0.510. The van der Waals surface area contributed by atoms with E-state index < -0.39 is 9.70 Å². The van der Waals surface area contributed by atoms with E-state index in [2.05, 4.69) is 34.6 Å². The topological polar surface area (TPSA) is 59.8 Å². The molecule has 1 heterocycles. The molecule has 0 saturated heterocycles. The lowest BCUT2D eigenvalue weighted by Crippen LogP contribution is -2.27. The zero-order chi connectivity index (χ0) is 19.6. The minimum Gasteiger partial charge on any atom is -0.321 e. The molecule has 27 heavy (non-hydrogen) atoms. The molecule has 1 amide bonds. The lowest BCUT2D eigenvalue weighted by Gasteiger charge is -2.12. The second kappa shape index (κ2) is 8.23. The highest BCUT2D eigenvalue weighted by atomic mass is 35.6. The van der Waals surface area contributed by atoms with Crippen molar-refractivity contribution >= 4 is 69.0 Å². The second-order valence-electron chi connectivity index (χ2n) is 6.03. The third-order valence-corrected chi connectivity index (χ3v) is 4.79. The number of alkyl halides is 3. The maximum Gasteiger partial charge on any atom is 0.276 e. The van der Waals surface area contributed by atoms with Crippen LogP contribution >= 0.6 is 46.4 Å².